The predicted molar refractivity (Wildman–Crippen MR) is 72.2 cm³/mol. The van der Waals surface area contributed by atoms with E-state index in [2.05, 4.69) is 0 Å². The zero-order valence-electron chi connectivity index (χ0n) is 11.3. The van der Waals surface area contributed by atoms with Gasteiger partial charge >= 0.3 is 0 Å². The molecule has 1 saturated heterocycles. The maximum atomic E-state index is 5.33. The second kappa shape index (κ2) is 16.1. The average Bonchev–Trinajstić information content (AvgIpc) is 2.39. The molecule has 0 aromatic rings. The third kappa shape index (κ3) is 14.3. The minimum atomic E-state index is 0. The number of hydrogen-bond acceptors (Lipinski definition) is 6. The molecule has 7 heteroatoms. The maximum Gasteiger partial charge on any atom is 0.0701 e. The zero-order chi connectivity index (χ0) is 12.7. The van der Waals surface area contributed by atoms with Crippen LogP contribution in [-0.4, -0.2) is 79.3 Å². The molecule has 1 aliphatic heterocycles. The Balaban J connectivity index is 0.00000324. The van der Waals surface area contributed by atoms with Crippen molar-refractivity contribution in [3.63, 3.8) is 0 Å². The van der Waals surface area contributed by atoms with Gasteiger partial charge in [0, 0.05) is 0 Å². The molecule has 116 valence electrons. The second-order valence-corrected chi connectivity index (χ2v) is 3.67. The summed E-state index contributed by atoms with van der Waals surface area (Å²) in [5.41, 5.74) is 0. The van der Waals surface area contributed by atoms with E-state index >= 15 is 0 Å². The Bertz CT molecular complexity index is 97.2. The number of hydrogen-bond donors (Lipinski definition) is 0. The second-order valence-electron chi connectivity index (χ2n) is 3.67. The van der Waals surface area contributed by atoms with Gasteiger partial charge < -0.3 is 28.4 Å². The molecule has 1 rings (SSSR count). The van der Waals surface area contributed by atoms with Gasteiger partial charge in [0.15, 0.2) is 0 Å². The van der Waals surface area contributed by atoms with Crippen LogP contribution in [0.5, 0.6) is 0 Å². The lowest BCUT2D eigenvalue weighted by molar-refractivity contribution is -0.0334. The van der Waals surface area contributed by atoms with Crippen LogP contribution in [0, 0.1) is 0 Å². The molecular weight excluding hydrogens is 276 g/mol. The van der Waals surface area contributed by atoms with Crippen LogP contribution in [0.4, 0.5) is 0 Å². The fourth-order valence-electron chi connectivity index (χ4n) is 1.32. The molecule has 0 atom stereocenters. The third-order valence-corrected chi connectivity index (χ3v) is 2.23. The summed E-state index contributed by atoms with van der Waals surface area (Å²) in [6, 6.07) is 0. The van der Waals surface area contributed by atoms with Crippen molar-refractivity contribution in [1.29, 1.82) is 0 Å². The lowest BCUT2D eigenvalue weighted by Crippen LogP contribution is -2.16. The quantitative estimate of drug-likeness (QED) is 0.650. The van der Waals surface area contributed by atoms with Crippen LogP contribution in [0.1, 0.15) is 0 Å². The van der Waals surface area contributed by atoms with Crippen LogP contribution >= 0.6 is 12.4 Å². The van der Waals surface area contributed by atoms with Crippen LogP contribution < -0.4 is 0 Å². The Morgan fingerprint density at radius 3 is 0.474 bits per heavy atom. The molecule has 0 aromatic carbocycles. The summed E-state index contributed by atoms with van der Waals surface area (Å²) in [6.07, 6.45) is 0. The molecule has 1 fully saturated rings. The van der Waals surface area contributed by atoms with Crippen molar-refractivity contribution in [2.45, 2.75) is 0 Å². The Kier molecular flexibility index (Phi) is 16.1. The molecule has 0 aromatic heterocycles. The van der Waals surface area contributed by atoms with Gasteiger partial charge in [-0.25, -0.2) is 0 Å². The smallest absolute Gasteiger partial charge is 0.0701 e. The van der Waals surface area contributed by atoms with Crippen LogP contribution in [0.2, 0.25) is 0 Å². The van der Waals surface area contributed by atoms with Gasteiger partial charge in [0.25, 0.3) is 0 Å². The van der Waals surface area contributed by atoms with Crippen molar-refractivity contribution < 1.29 is 28.4 Å². The summed E-state index contributed by atoms with van der Waals surface area (Å²) in [4.78, 5) is 0. The lowest BCUT2D eigenvalue weighted by Gasteiger charge is -2.09. The van der Waals surface area contributed by atoms with Gasteiger partial charge in [0.2, 0.25) is 0 Å². The van der Waals surface area contributed by atoms with E-state index in [-0.39, 0.29) is 12.4 Å². The van der Waals surface area contributed by atoms with Crippen LogP contribution in [-0.2, 0) is 28.4 Å². The van der Waals surface area contributed by atoms with Crippen molar-refractivity contribution in [3.05, 3.63) is 0 Å². The van der Waals surface area contributed by atoms with E-state index in [0.717, 1.165) is 0 Å². The summed E-state index contributed by atoms with van der Waals surface area (Å²) in [5.74, 6) is 0. The molecule has 0 N–H and O–H groups in total. The Hall–Kier alpha value is 0.0500. The van der Waals surface area contributed by atoms with Crippen molar-refractivity contribution in [1.82, 2.24) is 0 Å². The number of rotatable bonds is 0. The van der Waals surface area contributed by atoms with E-state index in [4.69, 9.17) is 28.4 Å². The molecule has 0 aliphatic carbocycles. The van der Waals surface area contributed by atoms with Gasteiger partial charge in [-0.1, -0.05) is 0 Å². The van der Waals surface area contributed by atoms with Crippen molar-refractivity contribution >= 4 is 12.4 Å². The molecule has 0 radical (unpaired) electrons. The molecular formula is C12H25ClO6. The summed E-state index contributed by atoms with van der Waals surface area (Å²) in [7, 11) is 0. The maximum absolute atomic E-state index is 5.33. The molecule has 0 saturated carbocycles. The molecule has 0 unspecified atom stereocenters. The van der Waals surface area contributed by atoms with Crippen LogP contribution in [0.25, 0.3) is 0 Å². The summed E-state index contributed by atoms with van der Waals surface area (Å²) in [6.45, 7) is 7.04. The van der Waals surface area contributed by atoms with Gasteiger partial charge in [-0.15, -0.1) is 12.4 Å². The molecule has 6 nitrogen and oxygen atoms in total. The molecule has 19 heavy (non-hydrogen) atoms. The van der Waals surface area contributed by atoms with Crippen molar-refractivity contribution in [2.75, 3.05) is 79.3 Å². The third-order valence-electron chi connectivity index (χ3n) is 2.23. The highest BCUT2D eigenvalue weighted by Crippen LogP contribution is 1.86. The highest BCUT2D eigenvalue weighted by Gasteiger charge is 1.95. The topological polar surface area (TPSA) is 55.4 Å². The van der Waals surface area contributed by atoms with Gasteiger partial charge in [0.1, 0.15) is 0 Å². The van der Waals surface area contributed by atoms with E-state index in [9.17, 15) is 0 Å². The monoisotopic (exact) mass is 300 g/mol. The van der Waals surface area contributed by atoms with Gasteiger partial charge in [0.05, 0.1) is 79.3 Å². The molecule has 0 amide bonds. The lowest BCUT2D eigenvalue weighted by atomic mass is 10.6. The average molecular weight is 301 g/mol. The van der Waals surface area contributed by atoms with E-state index in [0.29, 0.717) is 79.3 Å². The van der Waals surface area contributed by atoms with Crippen LogP contribution in [0.3, 0.4) is 0 Å². The van der Waals surface area contributed by atoms with Gasteiger partial charge in [-0.05, 0) is 0 Å². The fourth-order valence-corrected chi connectivity index (χ4v) is 1.32. The van der Waals surface area contributed by atoms with Crippen molar-refractivity contribution in [2.24, 2.45) is 0 Å². The molecule has 1 aliphatic rings. The Morgan fingerprint density at radius 1 is 0.263 bits per heavy atom. The first-order valence-electron chi connectivity index (χ1n) is 6.46. The number of ether oxygens (including phenoxy) is 6. The zero-order valence-corrected chi connectivity index (χ0v) is 12.2. The Labute approximate surface area is 121 Å². The SMILES string of the molecule is C1COCCOCCOCCOCCOCCO1.Cl. The summed E-state index contributed by atoms with van der Waals surface area (Å²) in [5, 5.41) is 0. The minimum absolute atomic E-state index is 0. The van der Waals surface area contributed by atoms with Crippen molar-refractivity contribution in [3.8, 4) is 0 Å². The highest BCUT2D eigenvalue weighted by molar-refractivity contribution is 5.85. The van der Waals surface area contributed by atoms with E-state index in [1.807, 2.05) is 0 Å². The first-order valence-corrected chi connectivity index (χ1v) is 6.46. The van der Waals surface area contributed by atoms with Crippen LogP contribution in [0.15, 0.2) is 0 Å². The molecule has 0 bridgehead atoms. The first-order chi connectivity index (χ1) is 9.00. The highest BCUT2D eigenvalue weighted by atomic mass is 35.5. The summed E-state index contributed by atoms with van der Waals surface area (Å²) >= 11 is 0. The number of halogens is 1. The fraction of sp³-hybridized carbons (Fsp3) is 1.00. The van der Waals surface area contributed by atoms with E-state index < -0.39 is 0 Å². The molecule has 0 spiro atoms. The first kappa shape index (κ1) is 19.1. The standard InChI is InChI=1S/C12H24O6.ClH/c1-2-14-5-6-16-9-10-18-12-11-17-8-7-15-4-3-13-1;/h1-12H2;1H. The van der Waals surface area contributed by atoms with E-state index in [1.165, 1.54) is 0 Å². The summed E-state index contributed by atoms with van der Waals surface area (Å²) < 4.78 is 32.0. The molecule has 1 heterocycles. The minimum Gasteiger partial charge on any atom is -0.377 e. The largest absolute Gasteiger partial charge is 0.377 e. The van der Waals surface area contributed by atoms with Gasteiger partial charge in [-0.2, -0.15) is 0 Å². The predicted octanol–water partition coefficient (Wildman–Crippen LogP) is 0.521. The van der Waals surface area contributed by atoms with Gasteiger partial charge in [-0.3, -0.25) is 0 Å². The Morgan fingerprint density at radius 2 is 0.368 bits per heavy atom. The normalized spacial score (nSPS) is 22.7. The van der Waals surface area contributed by atoms with E-state index in [1.54, 1.807) is 0 Å².